The summed E-state index contributed by atoms with van der Waals surface area (Å²) in [6.45, 7) is 6.80. The van der Waals surface area contributed by atoms with Crippen LogP contribution in [0.4, 0.5) is 0 Å². The molecule has 5 heteroatoms. The largest absolute Gasteiger partial charge is 0.298 e. The van der Waals surface area contributed by atoms with Crippen LogP contribution in [0.3, 0.4) is 0 Å². The van der Waals surface area contributed by atoms with Gasteiger partial charge in [0.2, 0.25) is 0 Å². The summed E-state index contributed by atoms with van der Waals surface area (Å²) in [5, 5.41) is 9.45. The summed E-state index contributed by atoms with van der Waals surface area (Å²) in [5.74, 6) is 1.21. The van der Waals surface area contributed by atoms with Gasteiger partial charge in [0.25, 0.3) is 0 Å². The van der Waals surface area contributed by atoms with Gasteiger partial charge in [-0.05, 0) is 44.1 Å². The first-order valence-electron chi connectivity index (χ1n) is 7.96. The van der Waals surface area contributed by atoms with Crippen LogP contribution in [-0.2, 0) is 9.84 Å². The van der Waals surface area contributed by atoms with Gasteiger partial charge >= 0.3 is 0 Å². The summed E-state index contributed by atoms with van der Waals surface area (Å²) >= 11 is 0. The number of rotatable bonds is 2. The Morgan fingerprint density at radius 3 is 2.33 bits per heavy atom. The van der Waals surface area contributed by atoms with Crippen molar-refractivity contribution in [1.82, 2.24) is 4.90 Å². The molecule has 0 aromatic heterocycles. The first-order chi connectivity index (χ1) is 9.64. The van der Waals surface area contributed by atoms with E-state index in [0.29, 0.717) is 18.1 Å². The average Bonchev–Trinajstić information content (AvgIpc) is 2.76. The molecule has 0 N–H and O–H groups in total. The highest BCUT2D eigenvalue weighted by molar-refractivity contribution is 7.91. The van der Waals surface area contributed by atoms with Crippen LogP contribution >= 0.6 is 0 Å². The number of hydrogen-bond donors (Lipinski definition) is 0. The molecule has 0 aromatic carbocycles. The summed E-state index contributed by atoms with van der Waals surface area (Å²) in [7, 11) is -0.850. The number of hydrogen-bond acceptors (Lipinski definition) is 4. The van der Waals surface area contributed by atoms with E-state index in [1.807, 2.05) is 7.05 Å². The van der Waals surface area contributed by atoms with Crippen molar-refractivity contribution in [2.75, 3.05) is 18.6 Å². The van der Waals surface area contributed by atoms with Gasteiger partial charge in [-0.3, -0.25) is 4.90 Å². The van der Waals surface area contributed by atoms with Crippen LogP contribution in [0.1, 0.15) is 46.5 Å². The third-order valence-corrected chi connectivity index (χ3v) is 7.27. The molecule has 0 bridgehead atoms. The lowest BCUT2D eigenvalue weighted by Gasteiger charge is -2.44. The van der Waals surface area contributed by atoms with Gasteiger partial charge in [-0.2, -0.15) is 5.26 Å². The van der Waals surface area contributed by atoms with Gasteiger partial charge in [-0.25, -0.2) is 8.42 Å². The topological polar surface area (TPSA) is 61.2 Å². The van der Waals surface area contributed by atoms with E-state index in [1.54, 1.807) is 0 Å². The fourth-order valence-corrected chi connectivity index (χ4v) is 5.69. The highest BCUT2D eigenvalue weighted by Crippen LogP contribution is 2.42. The van der Waals surface area contributed by atoms with Gasteiger partial charge in [0.1, 0.15) is 0 Å². The molecule has 21 heavy (non-hydrogen) atoms. The molecule has 0 aromatic rings. The molecule has 0 spiro atoms. The van der Waals surface area contributed by atoms with E-state index in [0.717, 1.165) is 19.3 Å². The number of nitrogens with zero attached hydrogens (tertiary/aromatic N) is 2. The third kappa shape index (κ3) is 3.78. The molecule has 4 nitrogen and oxygen atoms in total. The maximum atomic E-state index is 11.7. The lowest BCUT2D eigenvalue weighted by molar-refractivity contribution is 0.0571. The Bertz CT molecular complexity index is 515. The van der Waals surface area contributed by atoms with Crippen LogP contribution in [0.5, 0.6) is 0 Å². The van der Waals surface area contributed by atoms with Crippen molar-refractivity contribution in [3.8, 4) is 6.07 Å². The Balaban J connectivity index is 2.12. The lowest BCUT2D eigenvalue weighted by Crippen LogP contribution is -2.48. The second-order valence-corrected chi connectivity index (χ2v) is 10.1. The maximum absolute atomic E-state index is 11.7. The van der Waals surface area contributed by atoms with Crippen LogP contribution in [0.25, 0.3) is 0 Å². The molecule has 1 aliphatic heterocycles. The van der Waals surface area contributed by atoms with Gasteiger partial charge in [0, 0.05) is 12.1 Å². The van der Waals surface area contributed by atoms with Crippen molar-refractivity contribution < 1.29 is 8.42 Å². The predicted octanol–water partition coefficient (Wildman–Crippen LogP) is 2.46. The van der Waals surface area contributed by atoms with Crippen LogP contribution in [0, 0.1) is 28.6 Å². The molecule has 1 saturated carbocycles. The van der Waals surface area contributed by atoms with E-state index in [9.17, 15) is 13.7 Å². The minimum atomic E-state index is -2.87. The standard InChI is InChI=1S/C16H28N2O2S/c1-16(2,3)13-6-5-12(10-17)15(9-13)18(4)14-7-8-21(19,20)11-14/h12-15H,5-9,11H2,1-4H3. The fraction of sp³-hybridized carbons (Fsp3) is 0.938. The smallest absolute Gasteiger partial charge is 0.151 e. The van der Waals surface area contributed by atoms with Gasteiger partial charge in [0.05, 0.1) is 23.5 Å². The number of nitriles is 1. The first-order valence-corrected chi connectivity index (χ1v) is 9.78. The van der Waals surface area contributed by atoms with E-state index < -0.39 is 9.84 Å². The van der Waals surface area contributed by atoms with E-state index in [2.05, 4.69) is 31.7 Å². The molecule has 2 fully saturated rings. The highest BCUT2D eigenvalue weighted by atomic mass is 32.2. The van der Waals surface area contributed by atoms with Crippen LogP contribution in [0.2, 0.25) is 0 Å². The zero-order valence-corrected chi connectivity index (χ0v) is 14.5. The molecule has 4 atom stereocenters. The second-order valence-electron chi connectivity index (χ2n) is 7.90. The molecule has 1 aliphatic carbocycles. The van der Waals surface area contributed by atoms with Crippen molar-refractivity contribution in [2.24, 2.45) is 17.3 Å². The minimum absolute atomic E-state index is 0.0388. The Morgan fingerprint density at radius 1 is 1.19 bits per heavy atom. The quantitative estimate of drug-likeness (QED) is 0.786. The predicted molar refractivity (Wildman–Crippen MR) is 84.5 cm³/mol. The molecule has 120 valence electrons. The normalized spacial score (nSPS) is 36.6. The van der Waals surface area contributed by atoms with Crippen LogP contribution in [0.15, 0.2) is 0 Å². The van der Waals surface area contributed by atoms with Gasteiger partial charge in [-0.15, -0.1) is 0 Å². The average molecular weight is 312 g/mol. The van der Waals surface area contributed by atoms with Crippen LogP contribution in [-0.4, -0.2) is 44.0 Å². The molecule has 2 rings (SSSR count). The zero-order valence-electron chi connectivity index (χ0n) is 13.7. The Kier molecular flexibility index (Phi) is 4.70. The van der Waals surface area contributed by atoms with Gasteiger partial charge in [0.15, 0.2) is 9.84 Å². The Labute approximate surface area is 129 Å². The van der Waals surface area contributed by atoms with E-state index in [1.165, 1.54) is 0 Å². The van der Waals surface area contributed by atoms with Crippen molar-refractivity contribution in [3.05, 3.63) is 0 Å². The summed E-state index contributed by atoms with van der Waals surface area (Å²) in [6, 6.07) is 2.75. The van der Waals surface area contributed by atoms with Gasteiger partial charge in [-0.1, -0.05) is 20.8 Å². The SMILES string of the molecule is CN(C1CCS(=O)(=O)C1)C1CC(C(C)(C)C)CCC1C#N. The lowest BCUT2D eigenvalue weighted by atomic mass is 9.67. The molecular weight excluding hydrogens is 284 g/mol. The van der Waals surface area contributed by atoms with Crippen molar-refractivity contribution >= 4 is 9.84 Å². The zero-order chi connectivity index (χ0) is 15.8. The molecule has 1 saturated heterocycles. The highest BCUT2D eigenvalue weighted by Gasteiger charge is 2.41. The second kappa shape index (κ2) is 5.89. The van der Waals surface area contributed by atoms with E-state index in [4.69, 9.17) is 0 Å². The molecule has 0 amide bonds. The summed E-state index contributed by atoms with van der Waals surface area (Å²) < 4.78 is 23.4. The monoisotopic (exact) mass is 312 g/mol. The molecule has 4 unspecified atom stereocenters. The summed E-state index contributed by atoms with van der Waals surface area (Å²) in [5.41, 5.74) is 0.251. The first kappa shape index (κ1) is 16.8. The van der Waals surface area contributed by atoms with Gasteiger partial charge < -0.3 is 0 Å². The number of sulfone groups is 1. The molecule has 0 radical (unpaired) electrons. The molecule has 1 heterocycles. The van der Waals surface area contributed by atoms with Crippen LogP contribution < -0.4 is 0 Å². The maximum Gasteiger partial charge on any atom is 0.151 e. The Hall–Kier alpha value is -0.600. The Morgan fingerprint density at radius 2 is 1.86 bits per heavy atom. The van der Waals surface area contributed by atoms with Crippen molar-refractivity contribution in [3.63, 3.8) is 0 Å². The third-order valence-electron chi connectivity index (χ3n) is 5.51. The molecule has 2 aliphatic rings. The summed E-state index contributed by atoms with van der Waals surface area (Å²) in [6.07, 6.45) is 3.77. The van der Waals surface area contributed by atoms with Crippen molar-refractivity contribution in [2.45, 2.75) is 58.5 Å². The fourth-order valence-electron chi connectivity index (χ4n) is 3.90. The van der Waals surface area contributed by atoms with E-state index in [-0.39, 0.29) is 29.2 Å². The summed E-state index contributed by atoms with van der Waals surface area (Å²) in [4.78, 5) is 2.20. The minimum Gasteiger partial charge on any atom is -0.298 e. The molecular formula is C16H28N2O2S. The van der Waals surface area contributed by atoms with E-state index >= 15 is 0 Å². The van der Waals surface area contributed by atoms with Crippen molar-refractivity contribution in [1.29, 1.82) is 5.26 Å².